The molecule has 0 saturated heterocycles. The first-order valence-electron chi connectivity index (χ1n) is 7.35. The van der Waals surface area contributed by atoms with Gasteiger partial charge >= 0.3 is 0 Å². The standard InChI is InChI=1S/C16H25FN2/c1-12(18)11-14-15(17)9-6-10-16(14)19(2)13-7-4-3-5-8-13/h6,9-10,12-13H,3-5,7-8,11,18H2,1-2H3. The van der Waals surface area contributed by atoms with Crippen LogP contribution >= 0.6 is 0 Å². The predicted molar refractivity (Wildman–Crippen MR) is 79.0 cm³/mol. The molecule has 0 heterocycles. The van der Waals surface area contributed by atoms with Crippen molar-refractivity contribution in [3.63, 3.8) is 0 Å². The van der Waals surface area contributed by atoms with E-state index in [0.717, 1.165) is 11.3 Å². The normalized spacial score (nSPS) is 18.3. The number of anilines is 1. The summed E-state index contributed by atoms with van der Waals surface area (Å²) in [5.74, 6) is -0.127. The molecular weight excluding hydrogens is 239 g/mol. The van der Waals surface area contributed by atoms with Crippen LogP contribution in [0.3, 0.4) is 0 Å². The van der Waals surface area contributed by atoms with E-state index in [0.29, 0.717) is 12.5 Å². The van der Waals surface area contributed by atoms with Crippen molar-refractivity contribution in [1.29, 1.82) is 0 Å². The van der Waals surface area contributed by atoms with Gasteiger partial charge in [0.2, 0.25) is 0 Å². The lowest BCUT2D eigenvalue weighted by molar-refractivity contribution is 0.426. The van der Waals surface area contributed by atoms with Crippen molar-refractivity contribution in [2.45, 2.75) is 57.5 Å². The number of rotatable bonds is 4. The highest BCUT2D eigenvalue weighted by molar-refractivity contribution is 5.54. The van der Waals surface area contributed by atoms with E-state index in [2.05, 4.69) is 11.9 Å². The molecule has 3 heteroatoms. The highest BCUT2D eigenvalue weighted by atomic mass is 19.1. The minimum absolute atomic E-state index is 0.0181. The molecule has 1 fully saturated rings. The van der Waals surface area contributed by atoms with E-state index in [1.165, 1.54) is 38.2 Å². The molecule has 0 aliphatic heterocycles. The van der Waals surface area contributed by atoms with Crippen LogP contribution in [-0.4, -0.2) is 19.1 Å². The van der Waals surface area contributed by atoms with Crippen LogP contribution in [0.25, 0.3) is 0 Å². The lowest BCUT2D eigenvalue weighted by Gasteiger charge is -2.34. The predicted octanol–water partition coefficient (Wildman–Crippen LogP) is 3.48. The Morgan fingerprint density at radius 2 is 2.00 bits per heavy atom. The van der Waals surface area contributed by atoms with Gasteiger partial charge in [-0.3, -0.25) is 0 Å². The molecule has 0 aromatic heterocycles. The second-order valence-electron chi connectivity index (χ2n) is 5.82. The number of nitrogens with zero attached hydrogens (tertiary/aromatic N) is 1. The van der Waals surface area contributed by atoms with Gasteiger partial charge in [0.05, 0.1) is 0 Å². The lowest BCUT2D eigenvalue weighted by atomic mass is 9.93. The lowest BCUT2D eigenvalue weighted by Crippen LogP contribution is -2.34. The molecule has 0 bridgehead atoms. The molecule has 0 spiro atoms. The minimum atomic E-state index is -0.127. The average molecular weight is 264 g/mol. The number of hydrogen-bond donors (Lipinski definition) is 1. The molecule has 19 heavy (non-hydrogen) atoms. The molecule has 1 saturated carbocycles. The third-order valence-corrected chi connectivity index (χ3v) is 4.12. The summed E-state index contributed by atoms with van der Waals surface area (Å²) in [5.41, 5.74) is 7.64. The third kappa shape index (κ3) is 3.47. The van der Waals surface area contributed by atoms with Crippen molar-refractivity contribution >= 4 is 5.69 Å². The maximum Gasteiger partial charge on any atom is 0.128 e. The summed E-state index contributed by atoms with van der Waals surface area (Å²) in [6.07, 6.45) is 6.93. The first-order valence-corrected chi connectivity index (χ1v) is 7.35. The Labute approximate surface area is 115 Å². The minimum Gasteiger partial charge on any atom is -0.371 e. The summed E-state index contributed by atoms with van der Waals surface area (Å²) in [4.78, 5) is 2.26. The van der Waals surface area contributed by atoms with Crippen molar-refractivity contribution in [2.24, 2.45) is 5.73 Å². The molecule has 0 amide bonds. The molecule has 1 aromatic carbocycles. The zero-order valence-corrected chi connectivity index (χ0v) is 12.0. The SMILES string of the molecule is CC(N)Cc1c(F)cccc1N(C)C1CCCCC1. The van der Waals surface area contributed by atoms with E-state index in [1.54, 1.807) is 6.07 Å². The van der Waals surface area contributed by atoms with Gasteiger partial charge in [-0.05, 0) is 38.3 Å². The molecule has 1 aliphatic rings. The largest absolute Gasteiger partial charge is 0.371 e. The van der Waals surface area contributed by atoms with Crippen LogP contribution in [-0.2, 0) is 6.42 Å². The first-order chi connectivity index (χ1) is 9.09. The molecule has 106 valence electrons. The summed E-state index contributed by atoms with van der Waals surface area (Å²) in [6, 6.07) is 5.89. The molecule has 0 radical (unpaired) electrons. The first kappa shape index (κ1) is 14.3. The Kier molecular flexibility index (Phi) is 4.81. The summed E-state index contributed by atoms with van der Waals surface area (Å²) in [5, 5.41) is 0. The van der Waals surface area contributed by atoms with Gasteiger partial charge in [-0.2, -0.15) is 0 Å². The van der Waals surface area contributed by atoms with E-state index in [9.17, 15) is 4.39 Å². The van der Waals surface area contributed by atoms with E-state index in [-0.39, 0.29) is 11.9 Å². The number of halogens is 1. The quantitative estimate of drug-likeness (QED) is 0.902. The Balaban J connectivity index is 2.24. The maximum absolute atomic E-state index is 14.1. The molecule has 1 atom stereocenters. The van der Waals surface area contributed by atoms with Crippen LogP contribution in [0.1, 0.15) is 44.6 Å². The van der Waals surface area contributed by atoms with E-state index < -0.39 is 0 Å². The van der Waals surface area contributed by atoms with Gasteiger partial charge in [-0.15, -0.1) is 0 Å². The molecule has 1 unspecified atom stereocenters. The van der Waals surface area contributed by atoms with Gasteiger partial charge < -0.3 is 10.6 Å². The Bertz CT molecular complexity index is 411. The zero-order valence-electron chi connectivity index (χ0n) is 12.0. The van der Waals surface area contributed by atoms with Gasteiger partial charge in [-0.25, -0.2) is 4.39 Å². The van der Waals surface area contributed by atoms with Crippen molar-refractivity contribution in [3.8, 4) is 0 Å². The summed E-state index contributed by atoms with van der Waals surface area (Å²) in [6.45, 7) is 1.93. The Morgan fingerprint density at radius 3 is 2.63 bits per heavy atom. The highest BCUT2D eigenvalue weighted by Crippen LogP contribution is 2.30. The van der Waals surface area contributed by atoms with Gasteiger partial charge in [0.25, 0.3) is 0 Å². The maximum atomic E-state index is 14.1. The average Bonchev–Trinajstić information content (AvgIpc) is 2.41. The second kappa shape index (κ2) is 6.38. The van der Waals surface area contributed by atoms with E-state index in [4.69, 9.17) is 5.73 Å². The van der Waals surface area contributed by atoms with Crippen LogP contribution in [0.2, 0.25) is 0 Å². The molecule has 1 aliphatic carbocycles. The highest BCUT2D eigenvalue weighted by Gasteiger charge is 2.21. The second-order valence-corrected chi connectivity index (χ2v) is 5.82. The molecule has 2 rings (SSSR count). The van der Waals surface area contributed by atoms with Crippen molar-refractivity contribution in [1.82, 2.24) is 0 Å². The Hall–Kier alpha value is -1.09. The molecule has 1 aromatic rings. The van der Waals surface area contributed by atoms with Crippen LogP contribution in [0.15, 0.2) is 18.2 Å². The van der Waals surface area contributed by atoms with Crippen LogP contribution in [0, 0.1) is 5.82 Å². The van der Waals surface area contributed by atoms with Crippen molar-refractivity contribution < 1.29 is 4.39 Å². The molecule has 2 N–H and O–H groups in total. The smallest absolute Gasteiger partial charge is 0.128 e. The zero-order chi connectivity index (χ0) is 13.8. The molecular formula is C16H25FN2. The van der Waals surface area contributed by atoms with Gasteiger partial charge in [0.1, 0.15) is 5.82 Å². The number of benzene rings is 1. The number of hydrogen-bond acceptors (Lipinski definition) is 2. The molecule has 2 nitrogen and oxygen atoms in total. The fourth-order valence-electron chi connectivity index (χ4n) is 3.07. The van der Waals surface area contributed by atoms with Crippen LogP contribution in [0.4, 0.5) is 10.1 Å². The third-order valence-electron chi connectivity index (χ3n) is 4.12. The van der Waals surface area contributed by atoms with Gasteiger partial charge in [-0.1, -0.05) is 25.3 Å². The fourth-order valence-corrected chi connectivity index (χ4v) is 3.07. The van der Waals surface area contributed by atoms with Crippen molar-refractivity contribution in [2.75, 3.05) is 11.9 Å². The van der Waals surface area contributed by atoms with Crippen LogP contribution in [0.5, 0.6) is 0 Å². The van der Waals surface area contributed by atoms with Gasteiger partial charge in [0.15, 0.2) is 0 Å². The Morgan fingerprint density at radius 1 is 1.32 bits per heavy atom. The van der Waals surface area contributed by atoms with E-state index >= 15 is 0 Å². The fraction of sp³-hybridized carbons (Fsp3) is 0.625. The van der Waals surface area contributed by atoms with Crippen LogP contribution < -0.4 is 10.6 Å². The number of nitrogens with two attached hydrogens (primary N) is 1. The monoisotopic (exact) mass is 264 g/mol. The summed E-state index contributed by atoms with van der Waals surface area (Å²) in [7, 11) is 2.09. The van der Waals surface area contributed by atoms with Crippen molar-refractivity contribution in [3.05, 3.63) is 29.6 Å². The topological polar surface area (TPSA) is 29.3 Å². The summed E-state index contributed by atoms with van der Waals surface area (Å²) < 4.78 is 14.1. The summed E-state index contributed by atoms with van der Waals surface area (Å²) >= 11 is 0. The van der Waals surface area contributed by atoms with Gasteiger partial charge in [0, 0.05) is 30.4 Å². The van der Waals surface area contributed by atoms with E-state index in [1.807, 2.05) is 13.0 Å².